The fraction of sp³-hybridized carbons (Fsp3) is 0.625. The molecule has 0 radical (unpaired) electrons. The molecule has 3 nitrogen and oxygen atoms in total. The molecule has 1 aliphatic heterocycles. The zero-order valence-corrected chi connectivity index (χ0v) is 12.7. The van der Waals surface area contributed by atoms with E-state index in [0.29, 0.717) is 17.2 Å². The Morgan fingerprint density at radius 1 is 1.40 bits per heavy atom. The monoisotopic (exact) mass is 280 g/mol. The summed E-state index contributed by atoms with van der Waals surface area (Å²) < 4.78 is 19.4. The predicted octanol–water partition coefficient (Wildman–Crippen LogP) is 2.83. The van der Waals surface area contributed by atoms with Crippen molar-refractivity contribution in [3.05, 3.63) is 29.6 Å². The molecule has 1 aliphatic rings. The smallest absolute Gasteiger partial charge is 0.131 e. The molecule has 0 aromatic heterocycles. The van der Waals surface area contributed by atoms with E-state index in [1.54, 1.807) is 13.2 Å². The van der Waals surface area contributed by atoms with Gasteiger partial charge in [0.1, 0.15) is 11.6 Å². The lowest BCUT2D eigenvalue weighted by Gasteiger charge is -2.32. The summed E-state index contributed by atoms with van der Waals surface area (Å²) in [4.78, 5) is 2.23. The molecule has 112 valence electrons. The Morgan fingerprint density at radius 3 is 2.75 bits per heavy atom. The van der Waals surface area contributed by atoms with Crippen molar-refractivity contribution in [1.82, 2.24) is 10.2 Å². The molecule has 0 amide bonds. The van der Waals surface area contributed by atoms with Crippen LogP contribution < -0.4 is 10.1 Å². The fourth-order valence-electron chi connectivity index (χ4n) is 2.95. The average Bonchev–Trinajstić information content (AvgIpc) is 2.47. The first-order chi connectivity index (χ1) is 9.63. The van der Waals surface area contributed by atoms with E-state index in [9.17, 15) is 4.39 Å². The highest BCUT2D eigenvalue weighted by Crippen LogP contribution is 2.31. The van der Waals surface area contributed by atoms with E-state index in [4.69, 9.17) is 4.74 Å². The Bertz CT molecular complexity index is 432. The van der Waals surface area contributed by atoms with Gasteiger partial charge in [-0.3, -0.25) is 4.90 Å². The lowest BCUT2D eigenvalue weighted by atomic mass is 9.96. The number of nitrogens with one attached hydrogen (secondary N) is 1. The topological polar surface area (TPSA) is 24.5 Å². The van der Waals surface area contributed by atoms with Gasteiger partial charge >= 0.3 is 0 Å². The van der Waals surface area contributed by atoms with Gasteiger partial charge in [0.25, 0.3) is 0 Å². The first-order valence-electron chi connectivity index (χ1n) is 7.36. The predicted molar refractivity (Wildman–Crippen MR) is 79.6 cm³/mol. The number of hydrogen-bond acceptors (Lipinski definition) is 3. The van der Waals surface area contributed by atoms with Crippen LogP contribution in [0.25, 0.3) is 0 Å². The maximum atomic E-state index is 14.1. The van der Waals surface area contributed by atoms with Crippen molar-refractivity contribution in [3.63, 3.8) is 0 Å². The SMILES string of the molecule is COc1cccc(F)c1C(C)N(C)CC1CCNCC1. The van der Waals surface area contributed by atoms with Crippen molar-refractivity contribution >= 4 is 0 Å². The molecule has 4 heteroatoms. The summed E-state index contributed by atoms with van der Waals surface area (Å²) in [5.41, 5.74) is 0.659. The molecule has 0 aliphatic carbocycles. The van der Waals surface area contributed by atoms with Gasteiger partial charge in [0, 0.05) is 18.2 Å². The first-order valence-corrected chi connectivity index (χ1v) is 7.36. The number of benzene rings is 1. The second-order valence-corrected chi connectivity index (χ2v) is 5.66. The minimum Gasteiger partial charge on any atom is -0.496 e. The van der Waals surface area contributed by atoms with Gasteiger partial charge < -0.3 is 10.1 Å². The molecule has 0 saturated carbocycles. The van der Waals surface area contributed by atoms with E-state index in [1.165, 1.54) is 18.9 Å². The standard InChI is InChI=1S/C16H25FN2O/c1-12(16-14(17)5-4-6-15(16)20-3)19(2)11-13-7-9-18-10-8-13/h4-6,12-13,18H,7-11H2,1-3H3. The summed E-state index contributed by atoms with van der Waals surface area (Å²) in [6, 6.07) is 5.04. The molecule has 1 N–H and O–H groups in total. The van der Waals surface area contributed by atoms with E-state index in [-0.39, 0.29) is 11.9 Å². The lowest BCUT2D eigenvalue weighted by Crippen LogP contribution is -2.35. The average molecular weight is 280 g/mol. The van der Waals surface area contributed by atoms with Gasteiger partial charge in [-0.05, 0) is 58.0 Å². The summed E-state index contributed by atoms with van der Waals surface area (Å²) in [6.45, 7) is 5.23. The summed E-state index contributed by atoms with van der Waals surface area (Å²) in [7, 11) is 3.66. The van der Waals surface area contributed by atoms with Gasteiger partial charge in [-0.25, -0.2) is 4.39 Å². The number of methoxy groups -OCH3 is 1. The molecule has 0 bridgehead atoms. The molecule has 1 heterocycles. The van der Waals surface area contributed by atoms with Crippen LogP contribution in [-0.4, -0.2) is 38.7 Å². The summed E-state index contributed by atoms with van der Waals surface area (Å²) in [5, 5.41) is 3.38. The number of piperidine rings is 1. The normalized spacial score (nSPS) is 18.2. The van der Waals surface area contributed by atoms with Crippen LogP contribution >= 0.6 is 0 Å². The Labute approximate surface area is 121 Å². The van der Waals surface area contributed by atoms with Crippen LogP contribution in [0, 0.1) is 11.7 Å². The highest BCUT2D eigenvalue weighted by Gasteiger charge is 2.23. The zero-order chi connectivity index (χ0) is 14.5. The maximum Gasteiger partial charge on any atom is 0.131 e. The quantitative estimate of drug-likeness (QED) is 0.897. The number of ether oxygens (including phenoxy) is 1. The fourth-order valence-corrected chi connectivity index (χ4v) is 2.95. The van der Waals surface area contributed by atoms with Crippen LogP contribution in [0.4, 0.5) is 4.39 Å². The number of nitrogens with zero attached hydrogens (tertiary/aromatic N) is 1. The van der Waals surface area contributed by atoms with E-state index in [2.05, 4.69) is 17.3 Å². The van der Waals surface area contributed by atoms with Crippen molar-refractivity contribution in [2.75, 3.05) is 33.8 Å². The largest absolute Gasteiger partial charge is 0.496 e. The van der Waals surface area contributed by atoms with Crippen LogP contribution in [0.15, 0.2) is 18.2 Å². The summed E-state index contributed by atoms with van der Waals surface area (Å²) in [6.07, 6.45) is 2.40. The Balaban J connectivity index is 2.07. The van der Waals surface area contributed by atoms with Crippen molar-refractivity contribution in [2.24, 2.45) is 5.92 Å². The van der Waals surface area contributed by atoms with Crippen molar-refractivity contribution in [2.45, 2.75) is 25.8 Å². The maximum absolute atomic E-state index is 14.1. The summed E-state index contributed by atoms with van der Waals surface area (Å²) in [5.74, 6) is 1.14. The van der Waals surface area contributed by atoms with Crippen molar-refractivity contribution < 1.29 is 9.13 Å². The molecule has 1 aromatic carbocycles. The van der Waals surface area contributed by atoms with Crippen LogP contribution in [0.3, 0.4) is 0 Å². The zero-order valence-electron chi connectivity index (χ0n) is 12.7. The molecular formula is C16H25FN2O. The Kier molecular flexibility index (Phi) is 5.38. The van der Waals surface area contributed by atoms with Gasteiger partial charge in [-0.2, -0.15) is 0 Å². The Morgan fingerprint density at radius 2 is 2.10 bits per heavy atom. The van der Waals surface area contributed by atoms with Crippen LogP contribution in [0.2, 0.25) is 0 Å². The molecule has 1 aromatic rings. The van der Waals surface area contributed by atoms with Crippen molar-refractivity contribution in [1.29, 1.82) is 0 Å². The molecule has 1 unspecified atom stereocenters. The number of rotatable bonds is 5. The van der Waals surface area contributed by atoms with Crippen LogP contribution in [0.1, 0.15) is 31.4 Å². The lowest BCUT2D eigenvalue weighted by molar-refractivity contribution is 0.191. The number of halogens is 1. The van der Waals surface area contributed by atoms with E-state index in [0.717, 1.165) is 19.6 Å². The van der Waals surface area contributed by atoms with E-state index < -0.39 is 0 Å². The molecule has 1 fully saturated rings. The van der Waals surface area contributed by atoms with Crippen LogP contribution in [-0.2, 0) is 0 Å². The second kappa shape index (κ2) is 7.04. The second-order valence-electron chi connectivity index (χ2n) is 5.66. The van der Waals surface area contributed by atoms with Gasteiger partial charge in [0.15, 0.2) is 0 Å². The summed E-state index contributed by atoms with van der Waals surface area (Å²) >= 11 is 0. The third-order valence-corrected chi connectivity index (χ3v) is 4.32. The van der Waals surface area contributed by atoms with Crippen molar-refractivity contribution in [3.8, 4) is 5.75 Å². The van der Waals surface area contributed by atoms with E-state index in [1.807, 2.05) is 13.0 Å². The van der Waals surface area contributed by atoms with Gasteiger partial charge in [0.05, 0.1) is 7.11 Å². The minimum atomic E-state index is -0.186. The molecular weight excluding hydrogens is 255 g/mol. The van der Waals surface area contributed by atoms with Gasteiger partial charge in [-0.1, -0.05) is 6.07 Å². The molecule has 20 heavy (non-hydrogen) atoms. The highest BCUT2D eigenvalue weighted by molar-refractivity contribution is 5.36. The van der Waals surface area contributed by atoms with Gasteiger partial charge in [-0.15, -0.1) is 0 Å². The van der Waals surface area contributed by atoms with Crippen LogP contribution in [0.5, 0.6) is 5.75 Å². The molecule has 1 saturated heterocycles. The van der Waals surface area contributed by atoms with Gasteiger partial charge in [0.2, 0.25) is 0 Å². The molecule has 2 rings (SSSR count). The first kappa shape index (κ1) is 15.3. The highest BCUT2D eigenvalue weighted by atomic mass is 19.1. The molecule has 1 atom stereocenters. The molecule has 0 spiro atoms. The van der Waals surface area contributed by atoms with E-state index >= 15 is 0 Å². The Hall–Kier alpha value is -1.13. The third kappa shape index (κ3) is 3.49. The minimum absolute atomic E-state index is 0.0148. The number of hydrogen-bond donors (Lipinski definition) is 1. The third-order valence-electron chi connectivity index (χ3n) is 4.32.